The highest BCUT2D eigenvalue weighted by atomic mass is 16.6. The van der Waals surface area contributed by atoms with Crippen LogP contribution >= 0.6 is 0 Å². The van der Waals surface area contributed by atoms with Crippen LogP contribution in [-0.2, 0) is 17.8 Å². The minimum atomic E-state index is -0.562. The topological polar surface area (TPSA) is 73.2 Å². The number of fused-ring (bicyclic) bond motifs is 1. The zero-order chi connectivity index (χ0) is 27.4. The van der Waals surface area contributed by atoms with E-state index in [0.717, 1.165) is 33.2 Å². The molecule has 6 nitrogen and oxygen atoms in total. The first kappa shape index (κ1) is 25.9. The first-order valence-corrected chi connectivity index (χ1v) is 13.0. The minimum absolute atomic E-state index is 0.115. The third-order valence-electron chi connectivity index (χ3n) is 6.34. The number of carbonyl (C=O) groups is 2. The van der Waals surface area contributed by atoms with Gasteiger partial charge in [-0.25, -0.2) is 4.79 Å². The summed E-state index contributed by atoms with van der Waals surface area (Å²) >= 11 is 0. The largest absolute Gasteiger partial charge is 0.456 e. The summed E-state index contributed by atoms with van der Waals surface area (Å²) in [5.41, 5.74) is 5.44. The summed E-state index contributed by atoms with van der Waals surface area (Å²) in [4.78, 5) is 25.4. The molecule has 0 radical (unpaired) electrons. The molecule has 0 aliphatic rings. The number of hydrogen-bond acceptors (Lipinski definition) is 4. The molecule has 1 aromatic heterocycles. The van der Waals surface area contributed by atoms with Gasteiger partial charge in [-0.3, -0.25) is 9.48 Å². The van der Waals surface area contributed by atoms with E-state index in [1.165, 1.54) is 0 Å². The van der Waals surface area contributed by atoms with Crippen molar-refractivity contribution in [2.75, 3.05) is 0 Å². The van der Waals surface area contributed by atoms with Gasteiger partial charge in [0.25, 0.3) is 5.91 Å². The van der Waals surface area contributed by atoms with E-state index in [1.54, 1.807) is 12.3 Å². The predicted molar refractivity (Wildman–Crippen MR) is 153 cm³/mol. The molecule has 0 saturated carbocycles. The second kappa shape index (κ2) is 11.0. The van der Waals surface area contributed by atoms with Crippen LogP contribution in [0, 0.1) is 0 Å². The molecule has 0 spiro atoms. The maximum atomic E-state index is 12.8. The molecular formula is C33H31N3O3. The Morgan fingerprint density at radius 2 is 1.56 bits per heavy atom. The number of nitrogens with zero attached hydrogens (tertiary/aromatic N) is 2. The van der Waals surface area contributed by atoms with E-state index in [4.69, 9.17) is 4.74 Å². The molecule has 1 heterocycles. The Balaban J connectivity index is 1.29. The van der Waals surface area contributed by atoms with Crippen molar-refractivity contribution >= 4 is 22.8 Å². The average Bonchev–Trinajstić information content (AvgIpc) is 3.33. The summed E-state index contributed by atoms with van der Waals surface area (Å²) in [5.74, 6) is -0.450. The van der Waals surface area contributed by atoms with Gasteiger partial charge in [-0.2, -0.15) is 5.10 Å². The second-order valence-corrected chi connectivity index (χ2v) is 10.5. The Kier molecular flexibility index (Phi) is 7.28. The molecule has 0 aliphatic carbocycles. The molecule has 4 aromatic carbocycles. The molecule has 0 saturated heterocycles. The lowest BCUT2D eigenvalue weighted by Crippen LogP contribution is -2.24. The summed E-state index contributed by atoms with van der Waals surface area (Å²) in [7, 11) is 0. The Labute approximate surface area is 228 Å². The number of benzene rings is 4. The Bertz CT molecular complexity index is 1610. The van der Waals surface area contributed by atoms with Gasteiger partial charge in [0.05, 0.1) is 23.8 Å². The summed E-state index contributed by atoms with van der Waals surface area (Å²) in [6.45, 7) is 6.65. The lowest BCUT2D eigenvalue weighted by Gasteiger charge is -2.20. The van der Waals surface area contributed by atoms with E-state index < -0.39 is 5.60 Å². The van der Waals surface area contributed by atoms with Gasteiger partial charge in [-0.15, -0.1) is 0 Å². The van der Waals surface area contributed by atoms with Crippen LogP contribution in [0.4, 0.5) is 0 Å². The van der Waals surface area contributed by atoms with Crippen LogP contribution in [0.2, 0.25) is 0 Å². The fraction of sp³-hybridized carbons (Fsp3) is 0.182. The summed E-state index contributed by atoms with van der Waals surface area (Å²) in [5, 5.41) is 8.44. The number of ether oxygens (including phenoxy) is 1. The molecule has 0 atom stereocenters. The third-order valence-corrected chi connectivity index (χ3v) is 6.34. The van der Waals surface area contributed by atoms with Crippen LogP contribution in [0.15, 0.2) is 103 Å². The van der Waals surface area contributed by atoms with Crippen LogP contribution in [0.1, 0.15) is 52.6 Å². The fourth-order valence-electron chi connectivity index (χ4n) is 4.44. The summed E-state index contributed by atoms with van der Waals surface area (Å²) < 4.78 is 7.52. The van der Waals surface area contributed by atoms with Gasteiger partial charge in [0.2, 0.25) is 0 Å². The van der Waals surface area contributed by atoms with Gasteiger partial charge in [-0.1, -0.05) is 72.8 Å². The van der Waals surface area contributed by atoms with Crippen molar-refractivity contribution in [2.45, 2.75) is 39.5 Å². The smallest absolute Gasteiger partial charge is 0.339 e. The maximum Gasteiger partial charge on any atom is 0.339 e. The molecule has 6 heteroatoms. The highest BCUT2D eigenvalue weighted by Gasteiger charge is 2.20. The normalized spacial score (nSPS) is 11.4. The van der Waals surface area contributed by atoms with Gasteiger partial charge in [-0.05, 0) is 67.3 Å². The van der Waals surface area contributed by atoms with E-state index in [-0.39, 0.29) is 11.9 Å². The fourth-order valence-corrected chi connectivity index (χ4v) is 4.44. The molecule has 1 N–H and O–H groups in total. The number of carbonyl (C=O) groups excluding carboxylic acids is 2. The monoisotopic (exact) mass is 517 g/mol. The van der Waals surface area contributed by atoms with E-state index in [2.05, 4.69) is 10.4 Å². The Morgan fingerprint density at radius 1 is 0.846 bits per heavy atom. The zero-order valence-corrected chi connectivity index (χ0v) is 22.3. The molecule has 5 rings (SSSR count). The molecule has 0 fully saturated rings. The first-order valence-electron chi connectivity index (χ1n) is 13.0. The molecule has 39 heavy (non-hydrogen) atoms. The second-order valence-electron chi connectivity index (χ2n) is 10.5. The van der Waals surface area contributed by atoms with Crippen molar-refractivity contribution in [1.29, 1.82) is 0 Å². The predicted octanol–water partition coefficient (Wildman–Crippen LogP) is 6.64. The summed E-state index contributed by atoms with van der Waals surface area (Å²) in [6.07, 6.45) is 1.79. The number of amides is 1. The summed E-state index contributed by atoms with van der Waals surface area (Å²) in [6, 6.07) is 31.1. The number of rotatable bonds is 7. The van der Waals surface area contributed by atoms with Gasteiger partial charge in [0.15, 0.2) is 0 Å². The molecular weight excluding hydrogens is 486 g/mol. The van der Waals surface area contributed by atoms with Crippen molar-refractivity contribution < 1.29 is 14.3 Å². The van der Waals surface area contributed by atoms with Crippen molar-refractivity contribution in [1.82, 2.24) is 15.1 Å². The average molecular weight is 518 g/mol. The number of esters is 1. The number of aromatic nitrogens is 2. The van der Waals surface area contributed by atoms with Crippen LogP contribution in [0.3, 0.4) is 0 Å². The van der Waals surface area contributed by atoms with E-state index >= 15 is 0 Å². The lowest BCUT2D eigenvalue weighted by atomic mass is 9.98. The minimum Gasteiger partial charge on any atom is -0.456 e. The van der Waals surface area contributed by atoms with Crippen molar-refractivity contribution in [3.05, 3.63) is 126 Å². The highest BCUT2D eigenvalue weighted by Crippen LogP contribution is 2.26. The highest BCUT2D eigenvalue weighted by molar-refractivity contribution is 5.98. The van der Waals surface area contributed by atoms with Gasteiger partial charge in [0.1, 0.15) is 5.60 Å². The van der Waals surface area contributed by atoms with Crippen molar-refractivity contribution in [3.8, 4) is 11.1 Å². The zero-order valence-electron chi connectivity index (χ0n) is 22.3. The van der Waals surface area contributed by atoms with Gasteiger partial charge < -0.3 is 10.1 Å². The molecule has 0 unspecified atom stereocenters. The van der Waals surface area contributed by atoms with Crippen molar-refractivity contribution in [2.24, 2.45) is 0 Å². The quantitative estimate of drug-likeness (QED) is 0.246. The first-order chi connectivity index (χ1) is 18.8. The van der Waals surface area contributed by atoms with Crippen LogP contribution < -0.4 is 5.32 Å². The molecule has 1 amide bonds. The van der Waals surface area contributed by atoms with Crippen LogP contribution in [-0.4, -0.2) is 27.3 Å². The molecule has 0 aliphatic heterocycles. The van der Waals surface area contributed by atoms with E-state index in [1.807, 2.05) is 116 Å². The SMILES string of the molecule is CC(C)(C)OC(=O)c1ccccc1-c1ccc(Cn2ncc3cc(C(=O)NCc4ccccc4)ccc32)cc1. The Morgan fingerprint density at radius 3 is 2.31 bits per heavy atom. The maximum absolute atomic E-state index is 12.8. The van der Waals surface area contributed by atoms with Crippen LogP contribution in [0.5, 0.6) is 0 Å². The molecule has 5 aromatic rings. The van der Waals surface area contributed by atoms with E-state index in [9.17, 15) is 9.59 Å². The lowest BCUT2D eigenvalue weighted by molar-refractivity contribution is 0.00703. The number of nitrogens with one attached hydrogen (secondary N) is 1. The Hall–Kier alpha value is -4.71. The number of hydrogen-bond donors (Lipinski definition) is 1. The standard InChI is InChI=1S/C33H31N3O3/c1-33(2,3)39-32(38)29-12-8-7-11-28(29)25-15-13-24(14-16-25)22-36-30-18-17-26(19-27(30)21-35-36)31(37)34-20-23-9-5-4-6-10-23/h4-19,21H,20,22H2,1-3H3,(H,34,37). The van der Waals surface area contributed by atoms with Gasteiger partial charge in [0, 0.05) is 17.5 Å². The van der Waals surface area contributed by atoms with E-state index in [0.29, 0.717) is 24.2 Å². The van der Waals surface area contributed by atoms with Gasteiger partial charge >= 0.3 is 5.97 Å². The third kappa shape index (κ3) is 6.24. The van der Waals surface area contributed by atoms with Crippen LogP contribution in [0.25, 0.3) is 22.0 Å². The van der Waals surface area contributed by atoms with Crippen molar-refractivity contribution in [3.63, 3.8) is 0 Å². The molecule has 0 bridgehead atoms. The molecule has 196 valence electrons.